The molecule has 2 aromatic heterocycles. The highest BCUT2D eigenvalue weighted by atomic mass is 19.3. The van der Waals surface area contributed by atoms with Crippen molar-refractivity contribution in [2.75, 3.05) is 6.61 Å². The maximum atomic E-state index is 14.8. The van der Waals surface area contributed by atoms with Gasteiger partial charge < -0.3 is 14.4 Å². The van der Waals surface area contributed by atoms with Crippen LogP contribution in [0.2, 0.25) is 0 Å². The van der Waals surface area contributed by atoms with E-state index in [-0.39, 0.29) is 42.8 Å². The molecule has 0 saturated heterocycles. The summed E-state index contributed by atoms with van der Waals surface area (Å²) in [6.07, 6.45) is 2.78. The van der Waals surface area contributed by atoms with Crippen molar-refractivity contribution in [3.63, 3.8) is 0 Å². The SMILES string of the molecule is CC(C)(O)c1cnc(-c2cc3ccn(CC(F)CCCOC(F)F)c(=O)c3cc2F)nc1. The van der Waals surface area contributed by atoms with Gasteiger partial charge in [0.2, 0.25) is 0 Å². The molecule has 0 spiro atoms. The van der Waals surface area contributed by atoms with Crippen LogP contribution in [-0.2, 0) is 16.9 Å². The van der Waals surface area contributed by atoms with E-state index in [0.717, 1.165) is 10.6 Å². The second-order valence-corrected chi connectivity index (χ2v) is 7.92. The molecule has 1 atom stereocenters. The zero-order valence-corrected chi connectivity index (χ0v) is 17.6. The van der Waals surface area contributed by atoms with Gasteiger partial charge in [-0.3, -0.25) is 4.79 Å². The van der Waals surface area contributed by atoms with Gasteiger partial charge in [0.15, 0.2) is 5.82 Å². The van der Waals surface area contributed by atoms with Gasteiger partial charge in [-0.15, -0.1) is 0 Å². The van der Waals surface area contributed by atoms with Crippen LogP contribution in [0, 0.1) is 5.82 Å². The fourth-order valence-corrected chi connectivity index (χ4v) is 3.19. The van der Waals surface area contributed by atoms with Crippen LogP contribution >= 0.6 is 0 Å². The smallest absolute Gasteiger partial charge is 0.345 e. The van der Waals surface area contributed by atoms with Gasteiger partial charge in [0, 0.05) is 24.2 Å². The van der Waals surface area contributed by atoms with E-state index in [1.165, 1.54) is 24.7 Å². The van der Waals surface area contributed by atoms with Crippen LogP contribution in [0.4, 0.5) is 17.6 Å². The number of pyridine rings is 1. The number of ether oxygens (including phenoxy) is 1. The van der Waals surface area contributed by atoms with Gasteiger partial charge in [0.1, 0.15) is 12.0 Å². The number of alkyl halides is 3. The molecule has 10 heteroatoms. The van der Waals surface area contributed by atoms with Gasteiger partial charge in [-0.2, -0.15) is 8.78 Å². The summed E-state index contributed by atoms with van der Waals surface area (Å²) >= 11 is 0. The summed E-state index contributed by atoms with van der Waals surface area (Å²) in [6, 6.07) is 4.04. The predicted octanol–water partition coefficient (Wildman–Crippen LogP) is 4.18. The summed E-state index contributed by atoms with van der Waals surface area (Å²) in [5, 5.41) is 10.5. The monoisotopic (exact) mass is 453 g/mol. The Balaban J connectivity index is 1.81. The van der Waals surface area contributed by atoms with Gasteiger partial charge in [-0.25, -0.2) is 18.7 Å². The standard InChI is InChI=1S/C22H23F4N3O3/c1-22(2,31)14-10-27-19(28-11-14)17-8-13-5-6-29(20(30)16(13)9-18(17)24)12-15(23)4-3-7-32-21(25)26/h5-6,8-11,15,21,31H,3-4,7,12H2,1-2H3. The van der Waals surface area contributed by atoms with Gasteiger partial charge >= 0.3 is 6.61 Å². The fraction of sp³-hybridized carbons (Fsp3) is 0.409. The van der Waals surface area contributed by atoms with Crippen molar-refractivity contribution in [2.45, 2.75) is 51.6 Å². The number of rotatable bonds is 9. The van der Waals surface area contributed by atoms with Crippen molar-refractivity contribution < 1.29 is 27.4 Å². The third-order valence-electron chi connectivity index (χ3n) is 4.96. The van der Waals surface area contributed by atoms with Gasteiger partial charge in [-0.1, -0.05) is 0 Å². The van der Waals surface area contributed by atoms with E-state index in [1.807, 2.05) is 0 Å². The van der Waals surface area contributed by atoms with Crippen LogP contribution in [0.5, 0.6) is 0 Å². The average molecular weight is 453 g/mol. The second kappa shape index (κ2) is 9.74. The highest BCUT2D eigenvalue weighted by Crippen LogP contribution is 2.25. The van der Waals surface area contributed by atoms with Crippen molar-refractivity contribution in [3.05, 3.63) is 58.5 Å². The van der Waals surface area contributed by atoms with Gasteiger partial charge in [-0.05, 0) is 50.3 Å². The molecule has 0 aliphatic heterocycles. The maximum Gasteiger partial charge on any atom is 0.345 e. The molecule has 1 aromatic carbocycles. The number of nitrogens with zero attached hydrogens (tertiary/aromatic N) is 3. The van der Waals surface area contributed by atoms with Crippen molar-refractivity contribution in [1.29, 1.82) is 0 Å². The van der Waals surface area contributed by atoms with Gasteiger partial charge in [0.05, 0.1) is 29.7 Å². The quantitative estimate of drug-likeness (QED) is 0.389. The minimum Gasteiger partial charge on any atom is -0.386 e. The van der Waals surface area contributed by atoms with Crippen LogP contribution in [0.15, 0.2) is 41.6 Å². The Hall–Kier alpha value is -2.85. The van der Waals surface area contributed by atoms with Crippen molar-refractivity contribution in [2.24, 2.45) is 0 Å². The molecule has 0 aliphatic rings. The molecule has 3 rings (SSSR count). The second-order valence-electron chi connectivity index (χ2n) is 7.92. The predicted molar refractivity (Wildman–Crippen MR) is 111 cm³/mol. The number of fused-ring (bicyclic) bond motifs is 1. The molecule has 32 heavy (non-hydrogen) atoms. The van der Waals surface area contributed by atoms with E-state index < -0.39 is 29.8 Å². The van der Waals surface area contributed by atoms with Crippen LogP contribution in [0.1, 0.15) is 32.3 Å². The maximum absolute atomic E-state index is 14.8. The highest BCUT2D eigenvalue weighted by Gasteiger charge is 2.19. The molecular formula is C22H23F4N3O3. The highest BCUT2D eigenvalue weighted by molar-refractivity contribution is 5.85. The van der Waals surface area contributed by atoms with E-state index >= 15 is 0 Å². The fourth-order valence-electron chi connectivity index (χ4n) is 3.19. The first-order valence-electron chi connectivity index (χ1n) is 9.98. The van der Waals surface area contributed by atoms with E-state index in [9.17, 15) is 27.5 Å². The number of aromatic nitrogens is 3. The largest absolute Gasteiger partial charge is 0.386 e. The lowest BCUT2D eigenvalue weighted by molar-refractivity contribution is -0.130. The molecule has 3 aromatic rings. The molecular weight excluding hydrogens is 430 g/mol. The number of hydrogen-bond donors (Lipinski definition) is 1. The normalized spacial score (nSPS) is 13.1. The summed E-state index contributed by atoms with van der Waals surface area (Å²) in [5.74, 6) is -0.624. The summed E-state index contributed by atoms with van der Waals surface area (Å²) in [6.45, 7) is -0.314. The van der Waals surface area contributed by atoms with E-state index in [2.05, 4.69) is 14.7 Å². The third kappa shape index (κ3) is 5.68. The van der Waals surface area contributed by atoms with Crippen LogP contribution in [-0.4, -0.2) is 39.0 Å². The minimum absolute atomic E-state index is 0.0531. The lowest BCUT2D eigenvalue weighted by atomic mass is 10.0. The first-order valence-corrected chi connectivity index (χ1v) is 9.98. The van der Waals surface area contributed by atoms with Crippen LogP contribution < -0.4 is 5.56 Å². The molecule has 0 saturated carbocycles. The lowest BCUT2D eigenvalue weighted by Gasteiger charge is -2.16. The number of aliphatic hydroxyl groups is 1. The molecule has 1 unspecified atom stereocenters. The molecule has 0 fully saturated rings. The summed E-state index contributed by atoms with van der Waals surface area (Å²) in [5.41, 5.74) is -1.17. The van der Waals surface area contributed by atoms with E-state index in [4.69, 9.17) is 0 Å². The number of benzene rings is 1. The third-order valence-corrected chi connectivity index (χ3v) is 4.96. The Morgan fingerprint density at radius 3 is 2.50 bits per heavy atom. The van der Waals surface area contributed by atoms with Crippen molar-refractivity contribution >= 4 is 10.8 Å². The Bertz CT molecular complexity index is 1130. The van der Waals surface area contributed by atoms with Crippen LogP contribution in [0.25, 0.3) is 22.2 Å². The summed E-state index contributed by atoms with van der Waals surface area (Å²) < 4.78 is 58.0. The first kappa shape index (κ1) is 23.8. The Morgan fingerprint density at radius 1 is 1.19 bits per heavy atom. The minimum atomic E-state index is -2.90. The molecule has 2 heterocycles. The zero-order valence-electron chi connectivity index (χ0n) is 17.6. The summed E-state index contributed by atoms with van der Waals surface area (Å²) in [4.78, 5) is 20.9. The molecule has 1 N–H and O–H groups in total. The van der Waals surface area contributed by atoms with Crippen molar-refractivity contribution in [1.82, 2.24) is 14.5 Å². The Morgan fingerprint density at radius 2 is 1.88 bits per heavy atom. The Kier molecular flexibility index (Phi) is 7.25. The lowest BCUT2D eigenvalue weighted by Crippen LogP contribution is -2.24. The number of hydrogen-bond acceptors (Lipinski definition) is 5. The molecule has 0 aliphatic carbocycles. The molecule has 172 valence electrons. The molecule has 0 radical (unpaired) electrons. The average Bonchev–Trinajstić information content (AvgIpc) is 2.73. The number of halogens is 4. The zero-order chi connectivity index (χ0) is 23.5. The molecule has 0 bridgehead atoms. The van der Waals surface area contributed by atoms with E-state index in [0.29, 0.717) is 10.9 Å². The van der Waals surface area contributed by atoms with Crippen LogP contribution in [0.3, 0.4) is 0 Å². The summed E-state index contributed by atoms with van der Waals surface area (Å²) in [7, 11) is 0. The molecule has 0 amide bonds. The molecule has 6 nitrogen and oxygen atoms in total. The Labute approximate surface area is 181 Å². The van der Waals surface area contributed by atoms with Gasteiger partial charge in [0.25, 0.3) is 5.56 Å². The first-order chi connectivity index (χ1) is 15.1. The van der Waals surface area contributed by atoms with E-state index in [1.54, 1.807) is 19.9 Å². The van der Waals surface area contributed by atoms with Crippen molar-refractivity contribution in [3.8, 4) is 11.4 Å². The topological polar surface area (TPSA) is 77.2 Å².